The number of hydrogen-bond donors (Lipinski definition) is 2. The number of pyridine rings is 1. The minimum absolute atomic E-state index is 0.694. The molecule has 3 heterocycles. The van der Waals surface area contributed by atoms with Crippen LogP contribution in [0.5, 0.6) is 0 Å². The SMILES string of the molecule is O=C(O)/C=C/CN1CCC(CCc2ccc3c(n2)NCCC3)C1. The van der Waals surface area contributed by atoms with Crippen LogP contribution in [-0.4, -0.2) is 47.1 Å². The maximum atomic E-state index is 10.5. The predicted molar refractivity (Wildman–Crippen MR) is 90.7 cm³/mol. The monoisotopic (exact) mass is 315 g/mol. The second-order valence-electron chi connectivity index (χ2n) is 6.53. The van der Waals surface area contributed by atoms with Crippen molar-refractivity contribution in [3.63, 3.8) is 0 Å². The van der Waals surface area contributed by atoms with E-state index in [9.17, 15) is 4.79 Å². The third-order valence-corrected chi connectivity index (χ3v) is 4.75. The first-order chi connectivity index (χ1) is 11.2. The Morgan fingerprint density at radius 3 is 3.26 bits per heavy atom. The van der Waals surface area contributed by atoms with Crippen LogP contribution in [0, 0.1) is 5.92 Å². The lowest BCUT2D eigenvalue weighted by Gasteiger charge is -2.18. The molecule has 1 atom stereocenters. The predicted octanol–water partition coefficient (Wildman–Crippen LogP) is 2.33. The minimum Gasteiger partial charge on any atom is -0.478 e. The zero-order valence-corrected chi connectivity index (χ0v) is 13.5. The molecule has 0 amide bonds. The molecule has 0 radical (unpaired) electrons. The average Bonchev–Trinajstić information content (AvgIpc) is 3.00. The Hall–Kier alpha value is -1.88. The normalized spacial score (nSPS) is 21.3. The second-order valence-corrected chi connectivity index (χ2v) is 6.53. The average molecular weight is 315 g/mol. The minimum atomic E-state index is -0.868. The molecule has 5 nitrogen and oxygen atoms in total. The van der Waals surface area contributed by atoms with E-state index in [2.05, 4.69) is 22.3 Å². The number of likely N-dealkylation sites (tertiary alicyclic amines) is 1. The molecule has 124 valence electrons. The zero-order valence-electron chi connectivity index (χ0n) is 13.5. The molecular formula is C18H25N3O2. The molecule has 2 aliphatic rings. The van der Waals surface area contributed by atoms with Gasteiger partial charge in [0.2, 0.25) is 0 Å². The number of fused-ring (bicyclic) bond motifs is 1. The van der Waals surface area contributed by atoms with Crippen molar-refractivity contribution in [2.45, 2.75) is 32.1 Å². The van der Waals surface area contributed by atoms with E-state index in [0.29, 0.717) is 5.92 Å². The zero-order chi connectivity index (χ0) is 16.1. The standard InChI is InChI=1S/C18H25N3O2/c22-17(23)4-2-11-21-12-9-14(13-21)5-7-16-8-6-15-3-1-10-19-18(15)20-16/h2,4,6,8,14H,1,3,5,7,9-13H2,(H,19,20)(H,22,23)/b4-2+. The van der Waals surface area contributed by atoms with Crippen molar-refractivity contribution in [2.24, 2.45) is 5.92 Å². The van der Waals surface area contributed by atoms with Gasteiger partial charge in [0, 0.05) is 31.4 Å². The summed E-state index contributed by atoms with van der Waals surface area (Å²) in [5.74, 6) is 0.910. The highest BCUT2D eigenvalue weighted by molar-refractivity contribution is 5.79. The third kappa shape index (κ3) is 4.55. The van der Waals surface area contributed by atoms with Crippen molar-refractivity contribution in [3.05, 3.63) is 35.5 Å². The van der Waals surface area contributed by atoms with Crippen LogP contribution >= 0.6 is 0 Å². The fourth-order valence-corrected chi connectivity index (χ4v) is 3.48. The molecule has 0 spiro atoms. The lowest BCUT2D eigenvalue weighted by atomic mass is 10.00. The summed E-state index contributed by atoms with van der Waals surface area (Å²) in [4.78, 5) is 17.6. The number of carboxylic acids is 1. The molecule has 1 saturated heterocycles. The number of anilines is 1. The third-order valence-electron chi connectivity index (χ3n) is 4.75. The van der Waals surface area contributed by atoms with Gasteiger partial charge < -0.3 is 10.4 Å². The summed E-state index contributed by atoms with van der Waals surface area (Å²) in [6.07, 6.45) is 8.69. The van der Waals surface area contributed by atoms with Gasteiger partial charge in [-0.15, -0.1) is 0 Å². The van der Waals surface area contributed by atoms with E-state index in [1.165, 1.54) is 30.2 Å². The number of carboxylic acid groups (broad SMARTS) is 1. The van der Waals surface area contributed by atoms with Gasteiger partial charge in [0.05, 0.1) is 0 Å². The van der Waals surface area contributed by atoms with Crippen LogP contribution in [0.15, 0.2) is 24.3 Å². The Balaban J connectivity index is 1.45. The van der Waals surface area contributed by atoms with Gasteiger partial charge in [-0.25, -0.2) is 9.78 Å². The Morgan fingerprint density at radius 2 is 2.39 bits per heavy atom. The van der Waals surface area contributed by atoms with E-state index >= 15 is 0 Å². The molecule has 0 aromatic carbocycles. The summed E-state index contributed by atoms with van der Waals surface area (Å²) in [6.45, 7) is 3.90. The molecular weight excluding hydrogens is 290 g/mol. The second kappa shape index (κ2) is 7.59. The van der Waals surface area contributed by atoms with Crippen LogP contribution in [0.3, 0.4) is 0 Å². The van der Waals surface area contributed by atoms with E-state index in [1.54, 1.807) is 6.08 Å². The van der Waals surface area contributed by atoms with Crippen molar-refractivity contribution in [1.29, 1.82) is 0 Å². The van der Waals surface area contributed by atoms with Crippen molar-refractivity contribution in [1.82, 2.24) is 9.88 Å². The lowest BCUT2D eigenvalue weighted by molar-refractivity contribution is -0.131. The Kier molecular flexibility index (Phi) is 5.28. The van der Waals surface area contributed by atoms with E-state index in [1.807, 2.05) is 0 Å². The molecule has 1 aromatic heterocycles. The number of aliphatic carboxylic acids is 1. The smallest absolute Gasteiger partial charge is 0.328 e. The van der Waals surface area contributed by atoms with Crippen LogP contribution in [0.2, 0.25) is 0 Å². The fraction of sp³-hybridized carbons (Fsp3) is 0.556. The summed E-state index contributed by atoms with van der Waals surface area (Å²) >= 11 is 0. The molecule has 0 aliphatic carbocycles. The molecule has 1 aromatic rings. The molecule has 1 fully saturated rings. The topological polar surface area (TPSA) is 65.5 Å². The first-order valence-electron chi connectivity index (χ1n) is 8.55. The summed E-state index contributed by atoms with van der Waals surface area (Å²) < 4.78 is 0. The Morgan fingerprint density at radius 1 is 1.48 bits per heavy atom. The van der Waals surface area contributed by atoms with Crippen molar-refractivity contribution < 1.29 is 9.90 Å². The number of nitrogens with zero attached hydrogens (tertiary/aromatic N) is 2. The molecule has 2 N–H and O–H groups in total. The number of aryl methyl sites for hydroxylation is 2. The Bertz CT molecular complexity index is 586. The summed E-state index contributed by atoms with van der Waals surface area (Å²) in [5, 5.41) is 12.0. The van der Waals surface area contributed by atoms with Crippen molar-refractivity contribution >= 4 is 11.8 Å². The van der Waals surface area contributed by atoms with Crippen LogP contribution < -0.4 is 5.32 Å². The van der Waals surface area contributed by atoms with Crippen LogP contribution in [0.1, 0.15) is 30.5 Å². The van der Waals surface area contributed by atoms with Gasteiger partial charge in [0.25, 0.3) is 0 Å². The van der Waals surface area contributed by atoms with Gasteiger partial charge in [-0.05, 0) is 56.2 Å². The fourth-order valence-electron chi connectivity index (χ4n) is 3.48. The maximum absolute atomic E-state index is 10.5. The highest BCUT2D eigenvalue weighted by Gasteiger charge is 2.21. The number of nitrogens with one attached hydrogen (secondary N) is 1. The van der Waals surface area contributed by atoms with Gasteiger partial charge >= 0.3 is 5.97 Å². The number of hydrogen-bond acceptors (Lipinski definition) is 4. The van der Waals surface area contributed by atoms with Crippen molar-refractivity contribution in [2.75, 3.05) is 31.5 Å². The molecule has 3 rings (SSSR count). The van der Waals surface area contributed by atoms with Gasteiger partial charge in [-0.1, -0.05) is 12.1 Å². The van der Waals surface area contributed by atoms with E-state index in [-0.39, 0.29) is 0 Å². The maximum Gasteiger partial charge on any atom is 0.328 e. The van der Waals surface area contributed by atoms with Gasteiger partial charge in [-0.2, -0.15) is 0 Å². The van der Waals surface area contributed by atoms with E-state index in [4.69, 9.17) is 10.1 Å². The quantitative estimate of drug-likeness (QED) is 0.789. The molecule has 2 aliphatic heterocycles. The highest BCUT2D eigenvalue weighted by atomic mass is 16.4. The Labute approximate surface area is 137 Å². The van der Waals surface area contributed by atoms with Crippen LogP contribution in [-0.2, 0) is 17.6 Å². The first-order valence-corrected chi connectivity index (χ1v) is 8.55. The highest BCUT2D eigenvalue weighted by Crippen LogP contribution is 2.23. The van der Waals surface area contributed by atoms with Crippen LogP contribution in [0.25, 0.3) is 0 Å². The number of carbonyl (C=O) groups is 1. The molecule has 23 heavy (non-hydrogen) atoms. The number of rotatable bonds is 6. The summed E-state index contributed by atoms with van der Waals surface area (Å²) in [5.41, 5.74) is 2.53. The first kappa shape index (κ1) is 16.0. The van der Waals surface area contributed by atoms with E-state index < -0.39 is 5.97 Å². The summed E-state index contributed by atoms with van der Waals surface area (Å²) in [6, 6.07) is 4.40. The molecule has 1 unspecified atom stereocenters. The van der Waals surface area contributed by atoms with Crippen molar-refractivity contribution in [3.8, 4) is 0 Å². The molecule has 0 saturated carbocycles. The van der Waals surface area contributed by atoms with Gasteiger partial charge in [-0.3, -0.25) is 4.90 Å². The molecule has 5 heteroatoms. The van der Waals surface area contributed by atoms with Crippen LogP contribution in [0.4, 0.5) is 5.82 Å². The van der Waals surface area contributed by atoms with E-state index in [0.717, 1.165) is 51.3 Å². The summed E-state index contributed by atoms with van der Waals surface area (Å²) in [7, 11) is 0. The van der Waals surface area contributed by atoms with Gasteiger partial charge in [0.15, 0.2) is 0 Å². The molecule has 0 bridgehead atoms. The van der Waals surface area contributed by atoms with Gasteiger partial charge in [0.1, 0.15) is 5.82 Å². The number of aromatic nitrogens is 1. The largest absolute Gasteiger partial charge is 0.478 e. The lowest BCUT2D eigenvalue weighted by Crippen LogP contribution is -2.21.